The van der Waals surface area contributed by atoms with Gasteiger partial charge in [-0.25, -0.2) is 0 Å². The molecule has 0 unspecified atom stereocenters. The van der Waals surface area contributed by atoms with Gasteiger partial charge < -0.3 is 9.47 Å². The molecular weight excluding hydrogens is 322 g/mol. The molecule has 0 spiro atoms. The minimum absolute atomic E-state index is 0.619. The molecule has 0 atom stereocenters. The summed E-state index contributed by atoms with van der Waals surface area (Å²) < 4.78 is 10.7. The van der Waals surface area contributed by atoms with Crippen LogP contribution in [-0.2, 0) is 0 Å². The zero-order valence-corrected chi connectivity index (χ0v) is 15.0. The van der Waals surface area contributed by atoms with Crippen LogP contribution < -0.4 is 9.47 Å². The number of ether oxygens (including phenoxy) is 2. The van der Waals surface area contributed by atoms with Gasteiger partial charge in [-0.3, -0.25) is 0 Å². The van der Waals surface area contributed by atoms with E-state index in [1.165, 1.54) is 6.08 Å². The molecule has 2 rings (SSSR count). The lowest BCUT2D eigenvalue weighted by molar-refractivity contribution is 0.355. The fourth-order valence-electron chi connectivity index (χ4n) is 2.65. The smallest absolute Gasteiger partial charge is 0.161 e. The van der Waals surface area contributed by atoms with Crippen molar-refractivity contribution in [3.05, 3.63) is 96.6 Å². The number of benzene rings is 2. The van der Waals surface area contributed by atoms with Crippen molar-refractivity contribution < 1.29 is 9.47 Å². The summed E-state index contributed by atoms with van der Waals surface area (Å²) in [5.74, 6) is 1.27. The fourth-order valence-corrected chi connectivity index (χ4v) is 2.65. The normalized spacial score (nSPS) is 11.4. The molecular formula is C23H21NO2. The maximum atomic E-state index is 9.22. The van der Waals surface area contributed by atoms with Gasteiger partial charge in [-0.15, -0.1) is 0 Å². The van der Waals surface area contributed by atoms with Gasteiger partial charge in [0.2, 0.25) is 0 Å². The van der Waals surface area contributed by atoms with Crippen LogP contribution >= 0.6 is 0 Å². The molecule has 0 radical (unpaired) electrons. The molecule has 0 aliphatic carbocycles. The second-order valence-electron chi connectivity index (χ2n) is 5.40. The summed E-state index contributed by atoms with van der Waals surface area (Å²) in [4.78, 5) is 0. The number of allylic oxidation sites excluding steroid dienone is 5. The molecule has 0 saturated heterocycles. The maximum absolute atomic E-state index is 9.22. The van der Waals surface area contributed by atoms with Gasteiger partial charge in [0.15, 0.2) is 11.5 Å². The predicted molar refractivity (Wildman–Crippen MR) is 107 cm³/mol. The number of nitriles is 1. The number of hydrogen-bond acceptors (Lipinski definition) is 3. The standard InChI is InChI=1S/C23H21NO2/c1-5-7-17(6-2)18-8-10-19(11-9-18)21(14-15-24)20-12-13-22(25-3)23(16-20)26-4/h5-14,16H,1-2H2,3-4H3/b17-7+,21-14+. The van der Waals surface area contributed by atoms with Crippen LogP contribution in [0.3, 0.4) is 0 Å². The Morgan fingerprint density at radius 3 is 2.08 bits per heavy atom. The van der Waals surface area contributed by atoms with Crippen LogP contribution in [0.4, 0.5) is 0 Å². The summed E-state index contributed by atoms with van der Waals surface area (Å²) in [6.45, 7) is 7.55. The van der Waals surface area contributed by atoms with Crippen molar-refractivity contribution in [3.63, 3.8) is 0 Å². The molecule has 2 aromatic rings. The molecule has 3 heteroatoms. The van der Waals surface area contributed by atoms with Crippen molar-refractivity contribution in [1.82, 2.24) is 0 Å². The monoisotopic (exact) mass is 343 g/mol. The molecule has 0 amide bonds. The van der Waals surface area contributed by atoms with Crippen LogP contribution in [0.2, 0.25) is 0 Å². The summed E-state index contributed by atoms with van der Waals surface area (Å²) in [6, 6.07) is 15.7. The summed E-state index contributed by atoms with van der Waals surface area (Å²) in [7, 11) is 3.18. The van der Waals surface area contributed by atoms with Crippen molar-refractivity contribution in [1.29, 1.82) is 5.26 Å². The van der Waals surface area contributed by atoms with Gasteiger partial charge in [0.25, 0.3) is 0 Å². The van der Waals surface area contributed by atoms with Crippen molar-refractivity contribution in [3.8, 4) is 17.6 Å². The van der Waals surface area contributed by atoms with E-state index in [0.717, 1.165) is 27.8 Å². The SMILES string of the molecule is C=C/C=C(\C=C)c1ccc(/C(=C\C#N)c2ccc(OC)c(OC)c2)cc1. The Morgan fingerprint density at radius 1 is 0.923 bits per heavy atom. The summed E-state index contributed by atoms with van der Waals surface area (Å²) in [5.41, 5.74) is 4.65. The maximum Gasteiger partial charge on any atom is 0.161 e. The summed E-state index contributed by atoms with van der Waals surface area (Å²) >= 11 is 0. The van der Waals surface area contributed by atoms with E-state index < -0.39 is 0 Å². The molecule has 0 bridgehead atoms. The lowest BCUT2D eigenvalue weighted by atomic mass is 9.95. The Morgan fingerprint density at radius 2 is 1.54 bits per heavy atom. The van der Waals surface area contributed by atoms with E-state index in [0.29, 0.717) is 11.5 Å². The first-order valence-electron chi connectivity index (χ1n) is 8.06. The van der Waals surface area contributed by atoms with Crippen molar-refractivity contribution in [2.45, 2.75) is 0 Å². The van der Waals surface area contributed by atoms with Crippen LogP contribution in [-0.4, -0.2) is 14.2 Å². The zero-order valence-electron chi connectivity index (χ0n) is 15.0. The lowest BCUT2D eigenvalue weighted by Gasteiger charge is -2.12. The third-order valence-corrected chi connectivity index (χ3v) is 3.95. The topological polar surface area (TPSA) is 42.2 Å². The third kappa shape index (κ3) is 4.12. The number of nitrogens with zero attached hydrogens (tertiary/aromatic N) is 1. The van der Waals surface area contributed by atoms with Crippen LogP contribution in [0.1, 0.15) is 16.7 Å². The van der Waals surface area contributed by atoms with E-state index in [-0.39, 0.29) is 0 Å². The quantitative estimate of drug-likeness (QED) is 0.498. The van der Waals surface area contributed by atoms with Gasteiger partial charge in [-0.1, -0.05) is 61.7 Å². The minimum Gasteiger partial charge on any atom is -0.493 e. The summed E-state index contributed by atoms with van der Waals surface area (Å²) in [6.07, 6.45) is 6.96. The second-order valence-corrected chi connectivity index (χ2v) is 5.40. The Kier molecular flexibility index (Phi) is 6.59. The van der Waals surface area contributed by atoms with E-state index >= 15 is 0 Å². The largest absolute Gasteiger partial charge is 0.493 e. The van der Waals surface area contributed by atoms with E-state index in [4.69, 9.17) is 9.47 Å². The van der Waals surface area contributed by atoms with Gasteiger partial charge in [-0.05, 0) is 40.0 Å². The lowest BCUT2D eigenvalue weighted by Crippen LogP contribution is -1.94. The molecule has 0 aliphatic heterocycles. The van der Waals surface area contributed by atoms with Crippen LogP contribution in [0.25, 0.3) is 11.1 Å². The average molecular weight is 343 g/mol. The van der Waals surface area contributed by atoms with E-state index in [1.54, 1.807) is 26.4 Å². The van der Waals surface area contributed by atoms with Crippen LogP contribution in [0.15, 0.2) is 79.9 Å². The van der Waals surface area contributed by atoms with Crippen molar-refractivity contribution >= 4 is 11.1 Å². The van der Waals surface area contributed by atoms with Gasteiger partial charge >= 0.3 is 0 Å². The van der Waals surface area contributed by atoms with E-state index in [9.17, 15) is 5.26 Å². The van der Waals surface area contributed by atoms with Crippen LogP contribution in [0.5, 0.6) is 11.5 Å². The van der Waals surface area contributed by atoms with Gasteiger partial charge in [0, 0.05) is 6.08 Å². The zero-order chi connectivity index (χ0) is 18.9. The van der Waals surface area contributed by atoms with Gasteiger partial charge in [-0.2, -0.15) is 5.26 Å². The molecule has 0 aliphatic rings. The molecule has 0 N–H and O–H groups in total. The summed E-state index contributed by atoms with van der Waals surface area (Å²) in [5, 5.41) is 9.22. The Labute approximate surface area is 154 Å². The van der Waals surface area contributed by atoms with E-state index in [1.807, 2.05) is 48.5 Å². The number of methoxy groups -OCH3 is 2. The predicted octanol–water partition coefficient (Wildman–Crippen LogP) is 5.41. The minimum atomic E-state index is 0.619. The molecule has 26 heavy (non-hydrogen) atoms. The van der Waals surface area contributed by atoms with Crippen LogP contribution in [0, 0.1) is 11.3 Å². The molecule has 3 nitrogen and oxygen atoms in total. The second kappa shape index (κ2) is 9.10. The molecule has 0 fully saturated rings. The molecule has 0 saturated carbocycles. The Bertz CT molecular complexity index is 897. The van der Waals surface area contributed by atoms with Gasteiger partial charge in [0.05, 0.1) is 20.3 Å². The highest BCUT2D eigenvalue weighted by Gasteiger charge is 2.10. The first-order valence-corrected chi connectivity index (χ1v) is 8.06. The Hall–Kier alpha value is -3.51. The molecule has 2 aromatic carbocycles. The first-order chi connectivity index (χ1) is 12.7. The van der Waals surface area contributed by atoms with Crippen molar-refractivity contribution in [2.75, 3.05) is 14.2 Å². The van der Waals surface area contributed by atoms with Gasteiger partial charge in [0.1, 0.15) is 0 Å². The average Bonchev–Trinajstić information content (AvgIpc) is 2.70. The molecule has 0 aromatic heterocycles. The third-order valence-electron chi connectivity index (χ3n) is 3.95. The molecule has 130 valence electrons. The highest BCUT2D eigenvalue weighted by atomic mass is 16.5. The number of rotatable bonds is 7. The first kappa shape index (κ1) is 18.8. The van der Waals surface area contributed by atoms with Crippen molar-refractivity contribution in [2.24, 2.45) is 0 Å². The van der Waals surface area contributed by atoms with E-state index in [2.05, 4.69) is 19.2 Å². The fraction of sp³-hybridized carbons (Fsp3) is 0.0870. The molecule has 0 heterocycles. The highest BCUT2D eigenvalue weighted by molar-refractivity contribution is 5.83. The number of hydrogen-bond donors (Lipinski definition) is 0. The highest BCUT2D eigenvalue weighted by Crippen LogP contribution is 2.33. The Balaban J connectivity index is 2.48.